The standard InChI is InChI=1S/C19H19N3O2/c1-12-18(21-15-7-5-6-14(10-15)11-20)16-8-3-4-9-17(16)22(13(2)23)19(12)24/h3-10,12,18-19,21,24H,1-2H3/t12-,18-,19+/m1/s1. The zero-order chi connectivity index (χ0) is 17.3. The lowest BCUT2D eigenvalue weighted by Gasteiger charge is -2.42. The van der Waals surface area contributed by atoms with E-state index in [-0.39, 0.29) is 17.9 Å². The van der Waals surface area contributed by atoms with E-state index in [2.05, 4.69) is 11.4 Å². The summed E-state index contributed by atoms with van der Waals surface area (Å²) < 4.78 is 0. The first kappa shape index (κ1) is 16.0. The van der Waals surface area contributed by atoms with Crippen LogP contribution in [0, 0.1) is 17.2 Å². The Morgan fingerprint density at radius 1 is 1.25 bits per heavy atom. The first-order valence-electron chi connectivity index (χ1n) is 7.86. The van der Waals surface area contributed by atoms with Crippen LogP contribution in [0.5, 0.6) is 0 Å². The van der Waals surface area contributed by atoms with E-state index in [0.717, 1.165) is 11.3 Å². The molecule has 1 aliphatic rings. The Bertz CT molecular complexity index is 812. The molecule has 1 heterocycles. The molecule has 5 heteroatoms. The average molecular weight is 321 g/mol. The van der Waals surface area contributed by atoms with Gasteiger partial charge < -0.3 is 10.4 Å². The Labute approximate surface area is 141 Å². The van der Waals surface area contributed by atoms with Crippen molar-refractivity contribution in [3.05, 3.63) is 59.7 Å². The fourth-order valence-electron chi connectivity index (χ4n) is 3.23. The summed E-state index contributed by atoms with van der Waals surface area (Å²) in [5.41, 5.74) is 3.05. The number of amides is 1. The van der Waals surface area contributed by atoms with Gasteiger partial charge in [0.25, 0.3) is 0 Å². The summed E-state index contributed by atoms with van der Waals surface area (Å²) in [5.74, 6) is -0.402. The number of para-hydroxylation sites is 1. The monoisotopic (exact) mass is 321 g/mol. The van der Waals surface area contributed by atoms with Gasteiger partial charge in [-0.05, 0) is 29.8 Å². The normalized spacial score (nSPS) is 22.4. The van der Waals surface area contributed by atoms with Crippen LogP contribution in [0.4, 0.5) is 11.4 Å². The third-order valence-corrected chi connectivity index (χ3v) is 4.45. The molecule has 3 rings (SSSR count). The number of nitrogens with zero attached hydrogens (tertiary/aromatic N) is 2. The van der Waals surface area contributed by atoms with Gasteiger partial charge in [0.05, 0.1) is 23.4 Å². The predicted molar refractivity (Wildman–Crippen MR) is 92.3 cm³/mol. The van der Waals surface area contributed by atoms with Crippen LogP contribution in [0.3, 0.4) is 0 Å². The number of aliphatic hydroxyl groups excluding tert-OH is 1. The van der Waals surface area contributed by atoms with Crippen molar-refractivity contribution in [1.82, 2.24) is 0 Å². The van der Waals surface area contributed by atoms with Crippen molar-refractivity contribution in [2.45, 2.75) is 26.1 Å². The molecule has 0 fully saturated rings. The Balaban J connectivity index is 2.02. The van der Waals surface area contributed by atoms with Gasteiger partial charge in [-0.1, -0.05) is 31.2 Å². The van der Waals surface area contributed by atoms with E-state index >= 15 is 0 Å². The molecule has 5 nitrogen and oxygen atoms in total. The Hall–Kier alpha value is -2.84. The van der Waals surface area contributed by atoms with Crippen molar-refractivity contribution in [3.63, 3.8) is 0 Å². The van der Waals surface area contributed by atoms with E-state index in [9.17, 15) is 9.90 Å². The minimum atomic E-state index is -0.908. The molecule has 1 aliphatic heterocycles. The Morgan fingerprint density at radius 3 is 2.71 bits per heavy atom. The van der Waals surface area contributed by atoms with Crippen LogP contribution in [0.15, 0.2) is 48.5 Å². The molecule has 3 atom stereocenters. The summed E-state index contributed by atoms with van der Waals surface area (Å²) in [6.45, 7) is 3.36. The number of carbonyl (C=O) groups excluding carboxylic acids is 1. The summed E-state index contributed by atoms with van der Waals surface area (Å²) in [4.78, 5) is 13.4. The molecule has 0 radical (unpaired) electrons. The molecule has 0 aromatic heterocycles. The largest absolute Gasteiger partial charge is 0.378 e. The summed E-state index contributed by atoms with van der Waals surface area (Å²) in [5, 5.41) is 23.1. The molecular weight excluding hydrogens is 302 g/mol. The smallest absolute Gasteiger partial charge is 0.225 e. The fraction of sp³-hybridized carbons (Fsp3) is 0.263. The molecule has 0 unspecified atom stereocenters. The fourth-order valence-corrected chi connectivity index (χ4v) is 3.23. The van der Waals surface area contributed by atoms with Crippen LogP contribution in [-0.4, -0.2) is 17.2 Å². The van der Waals surface area contributed by atoms with Crippen LogP contribution >= 0.6 is 0 Å². The second-order valence-corrected chi connectivity index (χ2v) is 6.04. The summed E-state index contributed by atoms with van der Waals surface area (Å²) in [6, 6.07) is 16.8. The van der Waals surface area contributed by atoms with Crippen molar-refractivity contribution < 1.29 is 9.90 Å². The maximum absolute atomic E-state index is 12.0. The lowest BCUT2D eigenvalue weighted by Crippen LogP contribution is -2.49. The average Bonchev–Trinajstić information content (AvgIpc) is 2.59. The topological polar surface area (TPSA) is 76.4 Å². The predicted octanol–water partition coefficient (Wildman–Crippen LogP) is 3.03. The lowest BCUT2D eigenvalue weighted by atomic mass is 9.86. The minimum Gasteiger partial charge on any atom is -0.378 e. The van der Waals surface area contributed by atoms with Crippen molar-refractivity contribution in [3.8, 4) is 6.07 Å². The number of nitriles is 1. The molecule has 0 bridgehead atoms. The maximum atomic E-state index is 12.0. The molecule has 0 aliphatic carbocycles. The number of fused-ring (bicyclic) bond motifs is 1. The Kier molecular flexibility index (Phi) is 4.24. The molecule has 122 valence electrons. The SMILES string of the molecule is CC(=O)N1c2ccccc2[C@H](Nc2cccc(C#N)c2)[C@@H](C)[C@@H]1O. The van der Waals surface area contributed by atoms with E-state index in [1.807, 2.05) is 43.3 Å². The van der Waals surface area contributed by atoms with Gasteiger partial charge in [-0.2, -0.15) is 5.26 Å². The van der Waals surface area contributed by atoms with Gasteiger partial charge in [0.2, 0.25) is 5.91 Å². The van der Waals surface area contributed by atoms with Crippen LogP contribution in [0.2, 0.25) is 0 Å². The summed E-state index contributed by atoms with van der Waals surface area (Å²) in [6.07, 6.45) is -0.908. The van der Waals surface area contributed by atoms with Crippen LogP contribution in [0.1, 0.15) is 31.0 Å². The molecular formula is C19H19N3O2. The van der Waals surface area contributed by atoms with Crippen molar-refractivity contribution >= 4 is 17.3 Å². The van der Waals surface area contributed by atoms with Gasteiger partial charge >= 0.3 is 0 Å². The van der Waals surface area contributed by atoms with Crippen LogP contribution < -0.4 is 10.2 Å². The van der Waals surface area contributed by atoms with Gasteiger partial charge in [0.1, 0.15) is 6.23 Å². The first-order chi connectivity index (χ1) is 11.5. The molecule has 2 N–H and O–H groups in total. The van der Waals surface area contributed by atoms with Crippen molar-refractivity contribution in [1.29, 1.82) is 5.26 Å². The second kappa shape index (κ2) is 6.34. The highest BCUT2D eigenvalue weighted by atomic mass is 16.3. The zero-order valence-corrected chi connectivity index (χ0v) is 13.6. The molecule has 1 amide bonds. The molecule has 2 aromatic rings. The third-order valence-electron chi connectivity index (χ3n) is 4.45. The van der Waals surface area contributed by atoms with Gasteiger partial charge in [0, 0.05) is 18.5 Å². The van der Waals surface area contributed by atoms with Crippen LogP contribution in [-0.2, 0) is 4.79 Å². The molecule has 0 spiro atoms. The highest BCUT2D eigenvalue weighted by molar-refractivity contribution is 5.93. The lowest BCUT2D eigenvalue weighted by molar-refractivity contribution is -0.119. The van der Waals surface area contributed by atoms with Gasteiger partial charge in [-0.15, -0.1) is 0 Å². The van der Waals surface area contributed by atoms with Gasteiger partial charge in [0.15, 0.2) is 0 Å². The van der Waals surface area contributed by atoms with Crippen molar-refractivity contribution in [2.24, 2.45) is 5.92 Å². The number of nitrogens with one attached hydrogen (secondary N) is 1. The molecule has 0 saturated heterocycles. The number of hydrogen-bond acceptors (Lipinski definition) is 4. The van der Waals surface area contributed by atoms with Gasteiger partial charge in [-0.25, -0.2) is 0 Å². The highest BCUT2D eigenvalue weighted by Gasteiger charge is 2.39. The zero-order valence-electron chi connectivity index (χ0n) is 13.6. The molecule has 2 aromatic carbocycles. The quantitative estimate of drug-likeness (QED) is 0.891. The number of rotatable bonds is 2. The molecule has 24 heavy (non-hydrogen) atoms. The minimum absolute atomic E-state index is 0.166. The number of hydrogen-bond donors (Lipinski definition) is 2. The third kappa shape index (κ3) is 2.72. The number of benzene rings is 2. The number of carbonyl (C=O) groups is 1. The Morgan fingerprint density at radius 2 is 2.00 bits per heavy atom. The van der Waals surface area contributed by atoms with Gasteiger partial charge in [-0.3, -0.25) is 9.69 Å². The second-order valence-electron chi connectivity index (χ2n) is 6.04. The van der Waals surface area contributed by atoms with Crippen molar-refractivity contribution in [2.75, 3.05) is 10.2 Å². The molecule has 0 saturated carbocycles. The summed E-state index contributed by atoms with van der Waals surface area (Å²) >= 11 is 0. The first-order valence-corrected chi connectivity index (χ1v) is 7.86. The summed E-state index contributed by atoms with van der Waals surface area (Å²) in [7, 11) is 0. The van der Waals surface area contributed by atoms with E-state index in [4.69, 9.17) is 5.26 Å². The van der Waals surface area contributed by atoms with E-state index in [1.165, 1.54) is 11.8 Å². The van der Waals surface area contributed by atoms with E-state index in [1.54, 1.807) is 12.1 Å². The maximum Gasteiger partial charge on any atom is 0.225 e. The number of aliphatic hydroxyl groups is 1. The van der Waals surface area contributed by atoms with Crippen LogP contribution in [0.25, 0.3) is 0 Å². The van der Waals surface area contributed by atoms with E-state index < -0.39 is 6.23 Å². The highest BCUT2D eigenvalue weighted by Crippen LogP contribution is 2.41. The van der Waals surface area contributed by atoms with E-state index in [0.29, 0.717) is 11.3 Å². The number of anilines is 2.